The smallest absolute Gasteiger partial charge is 0.148 e. The summed E-state index contributed by atoms with van der Waals surface area (Å²) in [7, 11) is 1.72. The minimum absolute atomic E-state index is 0.284. The van der Waals surface area contributed by atoms with Crippen LogP contribution in [-0.4, -0.2) is 36.3 Å². The summed E-state index contributed by atoms with van der Waals surface area (Å²) in [6.45, 7) is 10.1. The van der Waals surface area contributed by atoms with Crippen molar-refractivity contribution < 1.29 is 4.74 Å². The largest absolute Gasteiger partial charge is 0.383 e. The number of nitrogens with zero attached hydrogens (tertiary/aromatic N) is 3. The van der Waals surface area contributed by atoms with Crippen molar-refractivity contribution in [2.24, 2.45) is 5.84 Å². The van der Waals surface area contributed by atoms with E-state index in [1.54, 1.807) is 13.4 Å². The molecule has 1 aromatic heterocycles. The molecule has 0 aliphatic heterocycles. The molecule has 0 fully saturated rings. The fourth-order valence-corrected chi connectivity index (χ4v) is 2.64. The number of rotatable bonds is 9. The predicted molar refractivity (Wildman–Crippen MR) is 87.5 cm³/mol. The van der Waals surface area contributed by atoms with Crippen LogP contribution in [0.15, 0.2) is 6.33 Å². The number of nitrogen functional groups attached to an aromatic ring is 1. The van der Waals surface area contributed by atoms with Gasteiger partial charge in [-0.3, -0.25) is 0 Å². The molecule has 6 nitrogen and oxygen atoms in total. The van der Waals surface area contributed by atoms with Gasteiger partial charge in [-0.15, -0.1) is 0 Å². The third-order valence-corrected chi connectivity index (χ3v) is 3.77. The first kappa shape index (κ1) is 17.7. The molecule has 0 radical (unpaired) electrons. The van der Waals surface area contributed by atoms with Gasteiger partial charge in [-0.2, -0.15) is 0 Å². The molecule has 0 bridgehead atoms. The highest BCUT2D eigenvalue weighted by atomic mass is 16.5. The summed E-state index contributed by atoms with van der Waals surface area (Å²) in [5.74, 6) is 7.55. The Morgan fingerprint density at radius 3 is 2.43 bits per heavy atom. The number of nitrogens with two attached hydrogens (primary N) is 1. The van der Waals surface area contributed by atoms with Gasteiger partial charge in [0.05, 0.1) is 6.61 Å². The van der Waals surface area contributed by atoms with Crippen molar-refractivity contribution >= 4 is 11.6 Å². The first-order valence-electron chi connectivity index (χ1n) is 7.67. The molecule has 1 aromatic rings. The van der Waals surface area contributed by atoms with E-state index in [0.29, 0.717) is 18.5 Å². The Morgan fingerprint density at radius 2 is 1.95 bits per heavy atom. The van der Waals surface area contributed by atoms with Crippen LogP contribution in [0.4, 0.5) is 11.6 Å². The van der Waals surface area contributed by atoms with Crippen LogP contribution in [0.2, 0.25) is 0 Å². The molecule has 0 aromatic carbocycles. The van der Waals surface area contributed by atoms with E-state index < -0.39 is 0 Å². The molecule has 0 unspecified atom stereocenters. The van der Waals surface area contributed by atoms with Gasteiger partial charge in [0, 0.05) is 25.3 Å². The quantitative estimate of drug-likeness (QED) is 0.538. The lowest BCUT2D eigenvalue weighted by molar-refractivity contribution is 0.202. The summed E-state index contributed by atoms with van der Waals surface area (Å²) in [5.41, 5.74) is 3.75. The minimum atomic E-state index is 0.284. The van der Waals surface area contributed by atoms with Crippen molar-refractivity contribution in [1.29, 1.82) is 0 Å². The molecule has 120 valence electrons. The van der Waals surface area contributed by atoms with Gasteiger partial charge < -0.3 is 15.1 Å². The second-order valence-corrected chi connectivity index (χ2v) is 5.42. The number of hydrogen-bond donors (Lipinski definition) is 2. The van der Waals surface area contributed by atoms with Crippen LogP contribution in [0.3, 0.4) is 0 Å². The standard InChI is InChI=1S/C15H29N5O/c1-6-12(7-2)20(8-9-21-5)15-13(11(3)4)14(19-16)17-10-18-15/h10-12H,6-9,16H2,1-5H3,(H,17,18,19). The molecule has 6 heteroatoms. The molecule has 1 rings (SSSR count). The van der Waals surface area contributed by atoms with Crippen LogP contribution >= 0.6 is 0 Å². The van der Waals surface area contributed by atoms with E-state index >= 15 is 0 Å². The molecule has 21 heavy (non-hydrogen) atoms. The average molecular weight is 295 g/mol. The summed E-state index contributed by atoms with van der Waals surface area (Å²) < 4.78 is 5.26. The number of hydrogen-bond acceptors (Lipinski definition) is 6. The van der Waals surface area contributed by atoms with Crippen molar-refractivity contribution in [3.63, 3.8) is 0 Å². The molecule has 0 aliphatic rings. The van der Waals surface area contributed by atoms with Crippen LogP contribution in [0.25, 0.3) is 0 Å². The summed E-state index contributed by atoms with van der Waals surface area (Å²) in [6, 6.07) is 0.429. The van der Waals surface area contributed by atoms with E-state index in [2.05, 4.69) is 48.0 Å². The van der Waals surface area contributed by atoms with Gasteiger partial charge in [-0.1, -0.05) is 27.7 Å². The molecular formula is C15H29N5O. The maximum Gasteiger partial charge on any atom is 0.148 e. The molecule has 0 aliphatic carbocycles. The van der Waals surface area contributed by atoms with Gasteiger partial charge >= 0.3 is 0 Å². The summed E-state index contributed by atoms with van der Waals surface area (Å²) in [5, 5.41) is 0. The number of aromatic nitrogens is 2. The monoisotopic (exact) mass is 295 g/mol. The van der Waals surface area contributed by atoms with Gasteiger partial charge in [0.25, 0.3) is 0 Å². The van der Waals surface area contributed by atoms with E-state index in [1.165, 1.54) is 0 Å². The van der Waals surface area contributed by atoms with E-state index in [1.807, 2.05) is 0 Å². The maximum atomic E-state index is 5.62. The third-order valence-electron chi connectivity index (χ3n) is 3.77. The van der Waals surface area contributed by atoms with E-state index in [-0.39, 0.29) is 5.92 Å². The Morgan fingerprint density at radius 1 is 1.29 bits per heavy atom. The zero-order valence-corrected chi connectivity index (χ0v) is 13.9. The Bertz CT molecular complexity index is 421. The molecule has 1 heterocycles. The van der Waals surface area contributed by atoms with Crippen molar-refractivity contribution in [3.8, 4) is 0 Å². The van der Waals surface area contributed by atoms with Gasteiger partial charge in [0.1, 0.15) is 18.0 Å². The lowest BCUT2D eigenvalue weighted by Crippen LogP contribution is -2.38. The molecule has 0 amide bonds. The number of nitrogens with one attached hydrogen (secondary N) is 1. The first-order chi connectivity index (χ1) is 10.1. The Kier molecular flexibility index (Phi) is 7.39. The highest BCUT2D eigenvalue weighted by Gasteiger charge is 2.23. The SMILES string of the molecule is CCC(CC)N(CCOC)c1ncnc(NN)c1C(C)C. The fourth-order valence-electron chi connectivity index (χ4n) is 2.64. The Labute approximate surface area is 128 Å². The van der Waals surface area contributed by atoms with Gasteiger partial charge in [0.15, 0.2) is 0 Å². The molecule has 0 spiro atoms. The maximum absolute atomic E-state index is 5.62. The summed E-state index contributed by atoms with van der Waals surface area (Å²) in [4.78, 5) is 11.1. The summed E-state index contributed by atoms with van der Waals surface area (Å²) >= 11 is 0. The second-order valence-electron chi connectivity index (χ2n) is 5.42. The van der Waals surface area contributed by atoms with Gasteiger partial charge in [-0.05, 0) is 18.8 Å². The van der Waals surface area contributed by atoms with Gasteiger partial charge in [0.2, 0.25) is 0 Å². The Balaban J connectivity index is 3.28. The van der Waals surface area contributed by atoms with Crippen LogP contribution in [0.5, 0.6) is 0 Å². The van der Waals surface area contributed by atoms with Crippen molar-refractivity contribution in [1.82, 2.24) is 9.97 Å². The molecule has 3 N–H and O–H groups in total. The lowest BCUT2D eigenvalue weighted by Gasteiger charge is -2.33. The second kappa shape index (κ2) is 8.79. The van der Waals surface area contributed by atoms with E-state index in [9.17, 15) is 0 Å². The fraction of sp³-hybridized carbons (Fsp3) is 0.733. The highest BCUT2D eigenvalue weighted by molar-refractivity contribution is 5.60. The van der Waals surface area contributed by atoms with E-state index in [0.717, 1.165) is 30.8 Å². The topological polar surface area (TPSA) is 76.3 Å². The van der Waals surface area contributed by atoms with Crippen LogP contribution in [0.1, 0.15) is 52.0 Å². The van der Waals surface area contributed by atoms with Crippen molar-refractivity contribution in [2.45, 2.75) is 52.5 Å². The summed E-state index contributed by atoms with van der Waals surface area (Å²) in [6.07, 6.45) is 3.69. The molecule has 0 atom stereocenters. The van der Waals surface area contributed by atoms with Crippen LogP contribution in [0, 0.1) is 0 Å². The molecular weight excluding hydrogens is 266 g/mol. The third kappa shape index (κ3) is 4.28. The van der Waals surface area contributed by atoms with Crippen LogP contribution < -0.4 is 16.2 Å². The number of hydrazine groups is 1. The number of methoxy groups -OCH3 is 1. The van der Waals surface area contributed by atoms with E-state index in [4.69, 9.17) is 10.6 Å². The predicted octanol–water partition coefficient (Wildman–Crippen LogP) is 2.53. The molecule has 0 saturated heterocycles. The van der Waals surface area contributed by atoms with Crippen molar-refractivity contribution in [3.05, 3.63) is 11.9 Å². The number of anilines is 2. The lowest BCUT2D eigenvalue weighted by atomic mass is 10.0. The molecule has 0 saturated carbocycles. The zero-order chi connectivity index (χ0) is 15.8. The van der Waals surface area contributed by atoms with Crippen LogP contribution in [-0.2, 0) is 4.74 Å². The highest BCUT2D eigenvalue weighted by Crippen LogP contribution is 2.32. The minimum Gasteiger partial charge on any atom is -0.383 e. The Hall–Kier alpha value is -1.40. The first-order valence-corrected chi connectivity index (χ1v) is 7.67. The zero-order valence-electron chi connectivity index (χ0n) is 13.9. The average Bonchev–Trinajstić information content (AvgIpc) is 2.50. The number of ether oxygens (including phenoxy) is 1. The van der Waals surface area contributed by atoms with Gasteiger partial charge in [-0.25, -0.2) is 15.8 Å². The normalized spacial score (nSPS) is 11.2. The van der Waals surface area contributed by atoms with Crippen molar-refractivity contribution in [2.75, 3.05) is 30.6 Å².